The third-order valence-corrected chi connectivity index (χ3v) is 5.89. The average Bonchev–Trinajstić information content (AvgIpc) is 2.79. The van der Waals surface area contributed by atoms with Crippen molar-refractivity contribution in [3.05, 3.63) is 95.1 Å². The van der Waals surface area contributed by atoms with E-state index in [1.165, 1.54) is 11.1 Å². The predicted octanol–water partition coefficient (Wildman–Crippen LogP) is 6.44. The summed E-state index contributed by atoms with van der Waals surface area (Å²) in [4.78, 5) is 0. The van der Waals surface area contributed by atoms with Gasteiger partial charge in [0, 0.05) is 24.4 Å². The summed E-state index contributed by atoms with van der Waals surface area (Å²) in [6, 6.07) is 25.1. The summed E-state index contributed by atoms with van der Waals surface area (Å²) in [5, 5.41) is 3.52. The van der Waals surface area contributed by atoms with Crippen LogP contribution in [0.15, 0.2) is 72.8 Å². The van der Waals surface area contributed by atoms with Crippen molar-refractivity contribution in [1.29, 1.82) is 0 Å². The Hall–Kier alpha value is -2.82. The highest BCUT2D eigenvalue weighted by Gasteiger charge is 2.45. The van der Waals surface area contributed by atoms with Gasteiger partial charge in [0.2, 0.25) is 0 Å². The number of anilines is 1. The molecule has 1 aliphatic heterocycles. The Balaban J connectivity index is 1.56. The molecule has 0 aromatic heterocycles. The van der Waals surface area contributed by atoms with E-state index in [1.807, 2.05) is 19.1 Å². The molecule has 2 atom stereocenters. The quantitative estimate of drug-likeness (QED) is 0.445. The Morgan fingerprint density at radius 2 is 1.66 bits per heavy atom. The summed E-state index contributed by atoms with van der Waals surface area (Å²) in [6.45, 7) is 10.1. The van der Waals surface area contributed by atoms with E-state index >= 15 is 0 Å². The summed E-state index contributed by atoms with van der Waals surface area (Å²) < 4.78 is 19.1. The van der Waals surface area contributed by atoms with Gasteiger partial charge >= 0.3 is 0 Å². The van der Waals surface area contributed by atoms with Crippen molar-refractivity contribution in [2.75, 3.05) is 11.9 Å². The Kier molecular flexibility index (Phi) is 6.83. The van der Waals surface area contributed by atoms with Crippen LogP contribution < -0.4 is 10.1 Å². The molecule has 4 nitrogen and oxygen atoms in total. The zero-order valence-electron chi connectivity index (χ0n) is 19.4. The SMILES string of the molecule is CCOC1c2cc(NCc3ccccc3)ccc2OC(C)(C)C1OCc1ccc(C)cc1. The molecule has 2 unspecified atom stereocenters. The molecular formula is C28H33NO3. The molecule has 32 heavy (non-hydrogen) atoms. The lowest BCUT2D eigenvalue weighted by atomic mass is 9.87. The fourth-order valence-electron chi connectivity index (χ4n) is 4.16. The number of nitrogens with one attached hydrogen (secondary N) is 1. The second-order valence-electron chi connectivity index (χ2n) is 8.89. The maximum absolute atomic E-state index is 6.44. The van der Waals surface area contributed by atoms with Crippen LogP contribution >= 0.6 is 0 Å². The number of ether oxygens (including phenoxy) is 3. The van der Waals surface area contributed by atoms with Gasteiger partial charge in [-0.1, -0.05) is 60.2 Å². The van der Waals surface area contributed by atoms with Gasteiger partial charge in [0.1, 0.15) is 23.6 Å². The van der Waals surface area contributed by atoms with E-state index in [4.69, 9.17) is 14.2 Å². The van der Waals surface area contributed by atoms with Gasteiger partial charge < -0.3 is 19.5 Å². The van der Waals surface area contributed by atoms with E-state index in [0.29, 0.717) is 13.2 Å². The minimum atomic E-state index is -0.517. The molecule has 3 aromatic carbocycles. The Morgan fingerprint density at radius 1 is 0.906 bits per heavy atom. The molecular weight excluding hydrogens is 398 g/mol. The van der Waals surface area contributed by atoms with Crippen molar-refractivity contribution in [3.8, 4) is 5.75 Å². The minimum Gasteiger partial charge on any atom is -0.485 e. The average molecular weight is 432 g/mol. The van der Waals surface area contributed by atoms with Gasteiger partial charge in [-0.25, -0.2) is 0 Å². The van der Waals surface area contributed by atoms with Gasteiger partial charge in [-0.15, -0.1) is 0 Å². The van der Waals surface area contributed by atoms with Gasteiger partial charge in [0.15, 0.2) is 0 Å². The molecule has 0 fully saturated rings. The summed E-state index contributed by atoms with van der Waals surface area (Å²) in [5.74, 6) is 0.855. The summed E-state index contributed by atoms with van der Waals surface area (Å²) in [5.41, 5.74) is 5.17. The second-order valence-corrected chi connectivity index (χ2v) is 8.89. The second kappa shape index (κ2) is 9.76. The zero-order chi connectivity index (χ0) is 22.6. The minimum absolute atomic E-state index is 0.206. The number of hydrogen-bond acceptors (Lipinski definition) is 4. The first-order valence-corrected chi connectivity index (χ1v) is 11.4. The lowest BCUT2D eigenvalue weighted by molar-refractivity contribution is -0.165. The van der Waals surface area contributed by atoms with Crippen LogP contribution in [0, 0.1) is 6.92 Å². The van der Waals surface area contributed by atoms with Crippen molar-refractivity contribution in [1.82, 2.24) is 0 Å². The first-order valence-electron chi connectivity index (χ1n) is 11.4. The van der Waals surface area contributed by atoms with E-state index in [2.05, 4.69) is 86.8 Å². The van der Waals surface area contributed by atoms with Crippen molar-refractivity contribution in [3.63, 3.8) is 0 Å². The van der Waals surface area contributed by atoms with Crippen molar-refractivity contribution >= 4 is 5.69 Å². The Labute approximate surface area is 191 Å². The molecule has 4 rings (SSSR count). The molecule has 1 N–H and O–H groups in total. The van der Waals surface area contributed by atoms with Crippen molar-refractivity contribution in [2.24, 2.45) is 0 Å². The van der Waals surface area contributed by atoms with Crippen LogP contribution in [0.4, 0.5) is 5.69 Å². The van der Waals surface area contributed by atoms with Gasteiger partial charge in [-0.2, -0.15) is 0 Å². The van der Waals surface area contributed by atoms with E-state index in [9.17, 15) is 0 Å². The number of fused-ring (bicyclic) bond motifs is 1. The molecule has 4 heteroatoms. The Bertz CT molecular complexity index is 1010. The maximum atomic E-state index is 6.44. The first kappa shape index (κ1) is 22.4. The molecule has 0 radical (unpaired) electrons. The normalized spacial score (nSPS) is 19.1. The van der Waals surface area contributed by atoms with E-state index in [-0.39, 0.29) is 12.2 Å². The summed E-state index contributed by atoms with van der Waals surface area (Å²) >= 11 is 0. The monoisotopic (exact) mass is 431 g/mol. The molecule has 1 heterocycles. The lowest BCUT2D eigenvalue weighted by Gasteiger charge is -2.44. The topological polar surface area (TPSA) is 39.7 Å². The predicted molar refractivity (Wildman–Crippen MR) is 129 cm³/mol. The van der Waals surface area contributed by atoms with E-state index < -0.39 is 5.60 Å². The van der Waals surface area contributed by atoms with Gasteiger partial charge in [-0.05, 0) is 57.0 Å². The largest absolute Gasteiger partial charge is 0.485 e. The molecule has 0 saturated carbocycles. The highest BCUT2D eigenvalue weighted by molar-refractivity contribution is 5.53. The third kappa shape index (κ3) is 5.14. The number of benzene rings is 3. The number of aryl methyl sites for hydroxylation is 1. The van der Waals surface area contributed by atoms with Gasteiger partial charge in [0.05, 0.1) is 6.61 Å². The van der Waals surface area contributed by atoms with Gasteiger partial charge in [-0.3, -0.25) is 0 Å². The Morgan fingerprint density at radius 3 is 2.38 bits per heavy atom. The number of hydrogen-bond donors (Lipinski definition) is 1. The van der Waals surface area contributed by atoms with Crippen LogP contribution in [0.1, 0.15) is 49.1 Å². The molecule has 0 saturated heterocycles. The number of rotatable bonds is 8. The zero-order valence-corrected chi connectivity index (χ0v) is 19.4. The van der Waals surface area contributed by atoms with Crippen LogP contribution in [0.25, 0.3) is 0 Å². The first-order chi connectivity index (χ1) is 15.5. The van der Waals surface area contributed by atoms with E-state index in [0.717, 1.165) is 29.1 Å². The highest BCUT2D eigenvalue weighted by atomic mass is 16.6. The molecule has 0 bridgehead atoms. The third-order valence-electron chi connectivity index (χ3n) is 5.89. The molecule has 1 aliphatic rings. The molecule has 0 amide bonds. The smallest absolute Gasteiger partial charge is 0.132 e. The fraction of sp³-hybridized carbons (Fsp3) is 0.357. The summed E-state index contributed by atoms with van der Waals surface area (Å²) in [7, 11) is 0. The van der Waals surface area contributed by atoms with E-state index in [1.54, 1.807) is 0 Å². The van der Waals surface area contributed by atoms with Crippen LogP contribution in [0.5, 0.6) is 5.75 Å². The van der Waals surface area contributed by atoms with Crippen molar-refractivity contribution < 1.29 is 14.2 Å². The maximum Gasteiger partial charge on any atom is 0.132 e. The lowest BCUT2D eigenvalue weighted by Crippen LogP contribution is -2.51. The van der Waals surface area contributed by atoms with Crippen molar-refractivity contribution in [2.45, 2.75) is 58.7 Å². The molecule has 0 aliphatic carbocycles. The standard InChI is InChI=1S/C28H33NO3/c1-5-30-26-24-17-23(29-18-21-9-7-6-8-10-21)15-16-25(24)32-28(3,4)27(26)31-19-22-13-11-20(2)12-14-22/h6-17,26-27,29H,5,18-19H2,1-4H3. The molecule has 168 valence electrons. The van der Waals surface area contributed by atoms with Gasteiger partial charge in [0.25, 0.3) is 0 Å². The van der Waals surface area contributed by atoms with Crippen LogP contribution in [0.3, 0.4) is 0 Å². The fourth-order valence-corrected chi connectivity index (χ4v) is 4.16. The molecule has 0 spiro atoms. The molecule has 3 aromatic rings. The van der Waals surface area contributed by atoms with Crippen LogP contribution in [0.2, 0.25) is 0 Å². The highest BCUT2D eigenvalue weighted by Crippen LogP contribution is 2.44. The van der Waals surface area contributed by atoms with Crippen LogP contribution in [-0.4, -0.2) is 18.3 Å². The van der Waals surface area contributed by atoms with Crippen LogP contribution in [-0.2, 0) is 22.6 Å². The summed E-state index contributed by atoms with van der Waals surface area (Å²) in [6.07, 6.45) is -0.441.